The van der Waals surface area contributed by atoms with Gasteiger partial charge in [-0.3, -0.25) is 14.9 Å². The van der Waals surface area contributed by atoms with Crippen molar-refractivity contribution in [2.75, 3.05) is 5.32 Å². The Kier molecular flexibility index (Phi) is 4.26. The molecule has 5 heteroatoms. The molecule has 0 amide bonds. The van der Waals surface area contributed by atoms with Crippen molar-refractivity contribution in [2.24, 2.45) is 0 Å². The van der Waals surface area contributed by atoms with Gasteiger partial charge < -0.3 is 5.32 Å². The van der Waals surface area contributed by atoms with Gasteiger partial charge in [-0.2, -0.15) is 0 Å². The molecule has 0 aromatic heterocycles. The third-order valence-corrected chi connectivity index (χ3v) is 4.64. The van der Waals surface area contributed by atoms with Crippen LogP contribution in [0.1, 0.15) is 27.0 Å². The van der Waals surface area contributed by atoms with Crippen molar-refractivity contribution in [3.8, 4) is 0 Å². The summed E-state index contributed by atoms with van der Waals surface area (Å²) in [4.78, 5) is 23.7. The number of carbonyl (C=O) groups excluding carboxylic acids is 1. The Labute approximate surface area is 156 Å². The highest BCUT2D eigenvalue weighted by Gasteiger charge is 2.23. The van der Waals surface area contributed by atoms with E-state index in [4.69, 9.17) is 0 Å². The number of nitro groups is 1. The minimum atomic E-state index is -0.444. The summed E-state index contributed by atoms with van der Waals surface area (Å²) < 4.78 is 0. The number of nitrogens with one attached hydrogen (secondary N) is 1. The first kappa shape index (κ1) is 16.7. The monoisotopic (exact) mass is 356 g/mol. The van der Waals surface area contributed by atoms with Crippen molar-refractivity contribution in [3.05, 3.63) is 111 Å². The van der Waals surface area contributed by atoms with Crippen LogP contribution in [0.3, 0.4) is 0 Å². The van der Waals surface area contributed by atoms with Crippen LogP contribution in [0.25, 0.3) is 5.57 Å². The molecule has 0 fully saturated rings. The number of anilines is 1. The number of non-ortho nitro benzene ring substituents is 1. The number of ketones is 1. The van der Waals surface area contributed by atoms with Crippen molar-refractivity contribution in [1.29, 1.82) is 0 Å². The third-order valence-electron chi connectivity index (χ3n) is 4.64. The Morgan fingerprint density at radius 3 is 2.30 bits per heavy atom. The van der Waals surface area contributed by atoms with Crippen LogP contribution in [-0.4, -0.2) is 10.7 Å². The average molecular weight is 356 g/mol. The number of hydrogen-bond acceptors (Lipinski definition) is 4. The minimum Gasteiger partial charge on any atom is -0.361 e. The first-order valence-electron chi connectivity index (χ1n) is 8.55. The number of rotatable bonds is 3. The van der Waals surface area contributed by atoms with Crippen molar-refractivity contribution in [1.82, 2.24) is 0 Å². The molecule has 5 nitrogen and oxygen atoms in total. The van der Waals surface area contributed by atoms with E-state index in [0.29, 0.717) is 23.2 Å². The number of nitrogens with zero attached hydrogens (tertiary/aromatic N) is 1. The van der Waals surface area contributed by atoms with E-state index in [1.807, 2.05) is 48.5 Å². The number of hydrogen-bond donors (Lipinski definition) is 1. The van der Waals surface area contributed by atoms with Gasteiger partial charge in [-0.1, -0.05) is 54.6 Å². The zero-order chi connectivity index (χ0) is 18.8. The summed E-state index contributed by atoms with van der Waals surface area (Å²) in [6, 6.07) is 21.6. The fourth-order valence-corrected chi connectivity index (χ4v) is 3.31. The Bertz CT molecular complexity index is 1090. The Balaban J connectivity index is 1.78. The Hall–Kier alpha value is -3.73. The molecule has 1 aliphatic carbocycles. The van der Waals surface area contributed by atoms with Crippen molar-refractivity contribution in [3.63, 3.8) is 0 Å². The molecular weight excluding hydrogens is 340 g/mol. The summed E-state index contributed by atoms with van der Waals surface area (Å²) in [6.45, 7) is 0. The molecule has 132 valence electrons. The molecule has 0 radical (unpaired) electrons. The van der Waals surface area contributed by atoms with Crippen LogP contribution < -0.4 is 5.32 Å². The zero-order valence-electron chi connectivity index (χ0n) is 14.4. The van der Waals surface area contributed by atoms with Crippen LogP contribution in [0, 0.1) is 10.1 Å². The standard InChI is InChI=1S/C22H16N2O3/c25-22-20-11-4-2-7-16(20)12-15-6-1-3-10-19(15)21(22)14-23-17-8-5-9-18(13-17)24(26)27/h1-11,13-14,23H,12H2/b21-14+. The lowest BCUT2D eigenvalue weighted by molar-refractivity contribution is -0.384. The normalized spacial score (nSPS) is 14.2. The van der Waals surface area contributed by atoms with Crippen molar-refractivity contribution < 1.29 is 9.72 Å². The molecule has 27 heavy (non-hydrogen) atoms. The summed E-state index contributed by atoms with van der Waals surface area (Å²) in [6.07, 6.45) is 2.33. The van der Waals surface area contributed by atoms with E-state index < -0.39 is 4.92 Å². The van der Waals surface area contributed by atoms with Crippen molar-refractivity contribution in [2.45, 2.75) is 6.42 Å². The number of Topliss-reactive ketones (excluding diaryl/α,β-unsaturated/α-hetero) is 1. The molecule has 0 atom stereocenters. The van der Waals surface area contributed by atoms with Gasteiger partial charge in [0.1, 0.15) is 0 Å². The number of carbonyl (C=O) groups is 1. The van der Waals surface area contributed by atoms with Crippen LogP contribution in [-0.2, 0) is 6.42 Å². The van der Waals surface area contributed by atoms with E-state index >= 15 is 0 Å². The fourth-order valence-electron chi connectivity index (χ4n) is 3.31. The molecule has 0 bridgehead atoms. The van der Waals surface area contributed by atoms with E-state index in [0.717, 1.165) is 16.7 Å². The quantitative estimate of drug-likeness (QED) is 0.414. The van der Waals surface area contributed by atoms with E-state index in [1.165, 1.54) is 12.1 Å². The minimum absolute atomic E-state index is 0.00339. The summed E-state index contributed by atoms with van der Waals surface area (Å²) in [5.41, 5.74) is 4.71. The summed E-state index contributed by atoms with van der Waals surface area (Å²) in [5, 5.41) is 14.0. The summed E-state index contributed by atoms with van der Waals surface area (Å²) in [7, 11) is 0. The van der Waals surface area contributed by atoms with Gasteiger partial charge in [0.25, 0.3) is 5.69 Å². The SMILES string of the molecule is O=C1/C(=C/Nc2cccc([N+](=O)[O-])c2)c2ccccc2Cc2ccccc21. The molecule has 3 aromatic rings. The number of nitro benzene ring substituents is 1. The van der Waals surface area contributed by atoms with E-state index in [-0.39, 0.29) is 11.5 Å². The average Bonchev–Trinajstić information content (AvgIpc) is 2.81. The third kappa shape index (κ3) is 3.22. The Morgan fingerprint density at radius 2 is 1.56 bits per heavy atom. The lowest BCUT2D eigenvalue weighted by Gasteiger charge is -2.09. The second-order valence-electron chi connectivity index (χ2n) is 6.33. The second kappa shape index (κ2) is 6.88. The molecule has 0 aliphatic heterocycles. The molecular formula is C22H16N2O3. The lowest BCUT2D eigenvalue weighted by Crippen LogP contribution is -2.05. The molecule has 0 saturated heterocycles. The van der Waals surface area contributed by atoms with Gasteiger partial charge in [0.05, 0.1) is 4.92 Å². The summed E-state index contributed by atoms with van der Waals surface area (Å²) in [5.74, 6) is -0.0616. The van der Waals surface area contributed by atoms with Crippen LogP contribution in [0.2, 0.25) is 0 Å². The van der Waals surface area contributed by atoms with Gasteiger partial charge >= 0.3 is 0 Å². The Morgan fingerprint density at radius 1 is 0.889 bits per heavy atom. The van der Waals surface area contributed by atoms with Gasteiger partial charge in [-0.25, -0.2) is 0 Å². The van der Waals surface area contributed by atoms with Gasteiger partial charge in [0.15, 0.2) is 5.78 Å². The largest absolute Gasteiger partial charge is 0.361 e. The van der Waals surface area contributed by atoms with Crippen molar-refractivity contribution >= 4 is 22.7 Å². The molecule has 1 aliphatic rings. The zero-order valence-corrected chi connectivity index (χ0v) is 14.4. The van der Waals surface area contributed by atoms with E-state index in [9.17, 15) is 14.9 Å². The lowest BCUT2D eigenvalue weighted by atomic mass is 9.97. The number of fused-ring (bicyclic) bond motifs is 2. The molecule has 0 spiro atoms. The molecule has 3 aromatic carbocycles. The highest BCUT2D eigenvalue weighted by Crippen LogP contribution is 2.31. The van der Waals surface area contributed by atoms with Crippen LogP contribution >= 0.6 is 0 Å². The predicted octanol–water partition coefficient (Wildman–Crippen LogP) is 4.83. The van der Waals surface area contributed by atoms with Gasteiger partial charge in [-0.15, -0.1) is 0 Å². The van der Waals surface area contributed by atoms with E-state index in [1.54, 1.807) is 18.3 Å². The highest BCUT2D eigenvalue weighted by molar-refractivity contribution is 6.30. The van der Waals surface area contributed by atoms with E-state index in [2.05, 4.69) is 5.32 Å². The molecule has 4 rings (SSSR count). The highest BCUT2D eigenvalue weighted by atomic mass is 16.6. The maximum atomic E-state index is 13.2. The maximum absolute atomic E-state index is 13.2. The van der Waals surface area contributed by atoms with Gasteiger partial charge in [0.2, 0.25) is 0 Å². The van der Waals surface area contributed by atoms with Crippen LogP contribution in [0.5, 0.6) is 0 Å². The van der Waals surface area contributed by atoms with Gasteiger partial charge in [-0.05, 0) is 29.2 Å². The predicted molar refractivity (Wildman–Crippen MR) is 105 cm³/mol. The molecule has 0 heterocycles. The fraction of sp³-hybridized carbons (Fsp3) is 0.0455. The van der Waals surface area contributed by atoms with Gasteiger partial charge in [0, 0.05) is 35.2 Å². The first-order valence-corrected chi connectivity index (χ1v) is 8.55. The molecule has 0 unspecified atom stereocenters. The van der Waals surface area contributed by atoms with Crippen LogP contribution in [0.15, 0.2) is 79.0 Å². The molecule has 1 N–H and O–H groups in total. The van der Waals surface area contributed by atoms with Crippen LogP contribution in [0.4, 0.5) is 11.4 Å². The number of allylic oxidation sites excluding steroid dienone is 1. The smallest absolute Gasteiger partial charge is 0.271 e. The topological polar surface area (TPSA) is 72.2 Å². The summed E-state index contributed by atoms with van der Waals surface area (Å²) >= 11 is 0. The second-order valence-corrected chi connectivity index (χ2v) is 6.33. The molecule has 0 saturated carbocycles. The number of benzene rings is 3. The maximum Gasteiger partial charge on any atom is 0.271 e. The first-order chi connectivity index (χ1) is 13.1.